The summed E-state index contributed by atoms with van der Waals surface area (Å²) < 4.78 is 16.0. The van der Waals surface area contributed by atoms with Crippen LogP contribution >= 0.6 is 11.8 Å². The molecule has 1 aromatic carbocycles. The number of para-hydroxylation sites is 2. The van der Waals surface area contributed by atoms with Gasteiger partial charge in [-0.25, -0.2) is 4.98 Å². The highest BCUT2D eigenvalue weighted by Crippen LogP contribution is 2.32. The molecule has 0 saturated heterocycles. The fourth-order valence-electron chi connectivity index (χ4n) is 4.22. The van der Waals surface area contributed by atoms with E-state index in [4.69, 9.17) is 9.47 Å². The van der Waals surface area contributed by atoms with Crippen LogP contribution in [0.5, 0.6) is 11.5 Å². The van der Waals surface area contributed by atoms with Gasteiger partial charge in [-0.1, -0.05) is 23.9 Å². The molecule has 0 saturated carbocycles. The summed E-state index contributed by atoms with van der Waals surface area (Å²) in [4.78, 5) is 17.5. The van der Waals surface area contributed by atoms with Crippen LogP contribution in [0, 0.1) is 27.7 Å². The van der Waals surface area contributed by atoms with E-state index in [0.29, 0.717) is 24.1 Å². The predicted molar refractivity (Wildman–Crippen MR) is 126 cm³/mol. The van der Waals surface area contributed by atoms with Gasteiger partial charge in [0.2, 0.25) is 0 Å². The van der Waals surface area contributed by atoms with Crippen molar-refractivity contribution >= 4 is 23.3 Å². The van der Waals surface area contributed by atoms with Crippen molar-refractivity contribution in [1.82, 2.24) is 24.1 Å². The molecule has 33 heavy (non-hydrogen) atoms. The van der Waals surface area contributed by atoms with E-state index in [0.717, 1.165) is 39.8 Å². The molecule has 1 unspecified atom stereocenters. The van der Waals surface area contributed by atoms with E-state index in [1.807, 2.05) is 68.5 Å². The number of nitrogens with zero attached hydrogens (tertiary/aromatic N) is 5. The third kappa shape index (κ3) is 4.08. The van der Waals surface area contributed by atoms with Gasteiger partial charge < -0.3 is 14.0 Å². The molecule has 0 aliphatic carbocycles. The fourth-order valence-corrected chi connectivity index (χ4v) is 5.09. The van der Waals surface area contributed by atoms with Crippen LogP contribution in [0.15, 0.2) is 41.6 Å². The molecule has 1 aliphatic rings. The van der Waals surface area contributed by atoms with Gasteiger partial charge in [0.1, 0.15) is 6.61 Å². The van der Waals surface area contributed by atoms with Crippen molar-refractivity contribution in [2.75, 3.05) is 12.4 Å². The van der Waals surface area contributed by atoms with Gasteiger partial charge in [0.05, 0.1) is 12.3 Å². The van der Waals surface area contributed by atoms with Crippen molar-refractivity contribution < 1.29 is 14.3 Å². The number of carbonyl (C=O) groups is 1. The lowest BCUT2D eigenvalue weighted by atomic mass is 10.2. The number of aromatic nitrogens is 5. The van der Waals surface area contributed by atoms with Crippen molar-refractivity contribution in [2.24, 2.45) is 0 Å². The van der Waals surface area contributed by atoms with Crippen molar-refractivity contribution in [2.45, 2.75) is 45.5 Å². The van der Waals surface area contributed by atoms with Crippen LogP contribution < -0.4 is 9.47 Å². The molecule has 4 aromatic rings. The Kier molecular flexibility index (Phi) is 5.57. The monoisotopic (exact) mass is 463 g/mol. The van der Waals surface area contributed by atoms with Crippen molar-refractivity contribution in [3.8, 4) is 11.5 Å². The first-order valence-electron chi connectivity index (χ1n) is 10.8. The fraction of sp³-hybridized carbons (Fsp3) is 0.333. The quantitative estimate of drug-likeness (QED) is 0.316. The summed E-state index contributed by atoms with van der Waals surface area (Å²) in [6.07, 6.45) is -0.122. The third-order valence-corrected chi connectivity index (χ3v) is 6.75. The summed E-state index contributed by atoms with van der Waals surface area (Å²) in [6.45, 7) is 8.99. The van der Waals surface area contributed by atoms with Crippen LogP contribution in [-0.2, 0) is 6.54 Å². The average Bonchev–Trinajstić information content (AvgIpc) is 3.33. The van der Waals surface area contributed by atoms with Gasteiger partial charge in [0.15, 0.2) is 28.5 Å². The molecule has 5 rings (SSSR count). The number of ether oxygens (including phenoxy) is 2. The average molecular weight is 464 g/mol. The Balaban J connectivity index is 1.30. The minimum absolute atomic E-state index is 0.0555. The number of hydrogen-bond acceptors (Lipinski definition) is 7. The highest BCUT2D eigenvalue weighted by Gasteiger charge is 2.24. The summed E-state index contributed by atoms with van der Waals surface area (Å²) in [6, 6.07) is 11.6. The molecular formula is C24H25N5O3S. The summed E-state index contributed by atoms with van der Waals surface area (Å²) >= 11 is 1.38. The van der Waals surface area contributed by atoms with E-state index >= 15 is 0 Å². The van der Waals surface area contributed by atoms with Gasteiger partial charge in [-0.3, -0.25) is 9.20 Å². The molecule has 0 bridgehead atoms. The van der Waals surface area contributed by atoms with E-state index < -0.39 is 0 Å². The molecule has 1 aliphatic heterocycles. The smallest absolute Gasteiger partial charge is 0.256 e. The Labute approximate surface area is 196 Å². The number of aryl methyl sites for hydroxylation is 3. The zero-order valence-electron chi connectivity index (χ0n) is 19.0. The molecule has 4 heterocycles. The highest BCUT2D eigenvalue weighted by atomic mass is 32.2. The Bertz CT molecular complexity index is 1360. The lowest BCUT2D eigenvalue weighted by molar-refractivity contribution is 0.0777. The second kappa shape index (κ2) is 8.55. The van der Waals surface area contributed by atoms with Gasteiger partial charge in [-0.2, -0.15) is 0 Å². The lowest BCUT2D eigenvalue weighted by Crippen LogP contribution is -2.33. The van der Waals surface area contributed by atoms with E-state index in [-0.39, 0.29) is 17.6 Å². The second-order valence-electron chi connectivity index (χ2n) is 8.26. The first-order valence-corrected chi connectivity index (χ1v) is 11.8. The van der Waals surface area contributed by atoms with Gasteiger partial charge in [0, 0.05) is 28.3 Å². The Morgan fingerprint density at radius 2 is 1.88 bits per heavy atom. The number of thioether (sulfide) groups is 1. The predicted octanol–water partition coefficient (Wildman–Crippen LogP) is 3.97. The molecular weight excluding hydrogens is 438 g/mol. The first kappa shape index (κ1) is 21.5. The van der Waals surface area contributed by atoms with Crippen LogP contribution in [-0.4, -0.2) is 48.4 Å². The molecule has 0 spiro atoms. The summed E-state index contributed by atoms with van der Waals surface area (Å²) in [5.74, 6) is 2.40. The molecule has 170 valence electrons. The maximum atomic E-state index is 13.1. The maximum absolute atomic E-state index is 13.1. The summed E-state index contributed by atoms with van der Waals surface area (Å²) in [5.41, 5.74) is 4.55. The third-order valence-electron chi connectivity index (χ3n) is 5.82. The van der Waals surface area contributed by atoms with Crippen LogP contribution in [0.4, 0.5) is 0 Å². The number of rotatable bonds is 6. The van der Waals surface area contributed by atoms with Gasteiger partial charge in [-0.15, -0.1) is 10.2 Å². The van der Waals surface area contributed by atoms with E-state index in [9.17, 15) is 4.79 Å². The molecule has 1 atom stereocenters. The first-order chi connectivity index (χ1) is 15.9. The van der Waals surface area contributed by atoms with E-state index in [1.165, 1.54) is 11.8 Å². The lowest BCUT2D eigenvalue weighted by Gasteiger charge is -2.27. The number of fused-ring (bicyclic) bond motifs is 2. The Morgan fingerprint density at radius 3 is 2.70 bits per heavy atom. The van der Waals surface area contributed by atoms with E-state index in [2.05, 4.69) is 19.7 Å². The van der Waals surface area contributed by atoms with Gasteiger partial charge in [0.25, 0.3) is 5.78 Å². The molecule has 0 N–H and O–H groups in total. The number of benzene rings is 1. The van der Waals surface area contributed by atoms with Gasteiger partial charge >= 0.3 is 0 Å². The van der Waals surface area contributed by atoms with Crippen molar-refractivity contribution in [3.63, 3.8) is 0 Å². The number of Topliss-reactive ketones (excluding diaryl/α,β-unsaturated/α-hetero) is 1. The number of hydrogen-bond donors (Lipinski definition) is 0. The largest absolute Gasteiger partial charge is 0.486 e. The number of ketones is 1. The minimum Gasteiger partial charge on any atom is -0.486 e. The normalized spacial score (nSPS) is 15.2. The van der Waals surface area contributed by atoms with E-state index in [1.54, 1.807) is 0 Å². The molecule has 0 radical (unpaired) electrons. The molecule has 0 fully saturated rings. The summed E-state index contributed by atoms with van der Waals surface area (Å²) in [5, 5.41) is 9.05. The van der Waals surface area contributed by atoms with Crippen LogP contribution in [0.3, 0.4) is 0 Å². The second-order valence-corrected chi connectivity index (χ2v) is 9.20. The Morgan fingerprint density at radius 1 is 1.09 bits per heavy atom. The molecule has 3 aromatic heterocycles. The maximum Gasteiger partial charge on any atom is 0.256 e. The highest BCUT2D eigenvalue weighted by molar-refractivity contribution is 7.99. The van der Waals surface area contributed by atoms with Gasteiger partial charge in [-0.05, 0) is 52.0 Å². The molecule has 8 nitrogen and oxygen atoms in total. The Hall–Kier alpha value is -3.33. The van der Waals surface area contributed by atoms with Crippen LogP contribution in [0.1, 0.15) is 33.1 Å². The van der Waals surface area contributed by atoms with Crippen molar-refractivity contribution in [3.05, 3.63) is 64.7 Å². The topological polar surface area (TPSA) is 83.5 Å². The zero-order valence-corrected chi connectivity index (χ0v) is 19.8. The SMILES string of the molecule is Cc1cc(C)n2c(SCC(=O)c3cc(C)n(CC4COc5ccccc5O4)c3C)nnc2n1. The summed E-state index contributed by atoms with van der Waals surface area (Å²) in [7, 11) is 0. The minimum atomic E-state index is -0.122. The standard InChI is InChI=1S/C24H25N5O3S/c1-14-9-16(3)29-23(25-14)26-27-24(29)33-13-20(30)19-10-15(2)28(17(19)4)11-18-12-31-21-7-5-6-8-22(21)32-18/h5-10,18H,11-13H2,1-4H3. The number of carbonyl (C=O) groups excluding carboxylic acids is 1. The van der Waals surface area contributed by atoms with Crippen LogP contribution in [0.25, 0.3) is 5.78 Å². The van der Waals surface area contributed by atoms with Crippen molar-refractivity contribution in [1.29, 1.82) is 0 Å². The van der Waals surface area contributed by atoms with Crippen LogP contribution in [0.2, 0.25) is 0 Å². The molecule has 0 amide bonds. The zero-order chi connectivity index (χ0) is 23.1. The molecule has 9 heteroatoms.